The van der Waals surface area contributed by atoms with Gasteiger partial charge in [0.25, 0.3) is 0 Å². The fourth-order valence-electron chi connectivity index (χ4n) is 7.95. The molecule has 0 aliphatic heterocycles. The molecule has 0 heterocycles. The number of hydrogen-bond donors (Lipinski definition) is 0. The number of rotatable bonds is 54. The van der Waals surface area contributed by atoms with Gasteiger partial charge in [-0.25, -0.2) is 0 Å². The molecule has 0 radical (unpaired) electrons. The second kappa shape index (κ2) is 45.8. The molecular formula is C51H108O10P4. The lowest BCUT2D eigenvalue weighted by Crippen LogP contribution is -2.13. The van der Waals surface area contributed by atoms with Crippen molar-refractivity contribution in [3.63, 3.8) is 0 Å². The molecule has 0 saturated heterocycles. The maximum absolute atomic E-state index is 15.9. The molecule has 14 heteroatoms. The minimum Gasteiger partial charge on any atom is -0.322 e. The van der Waals surface area contributed by atoms with Crippen molar-refractivity contribution >= 4 is 29.9 Å². The molecule has 0 amide bonds. The lowest BCUT2D eigenvalue weighted by molar-refractivity contribution is 0.199. The van der Waals surface area contributed by atoms with E-state index in [9.17, 15) is 0 Å². The highest BCUT2D eigenvalue weighted by atomic mass is 31.3. The van der Waals surface area contributed by atoms with Gasteiger partial charge in [-0.05, 0) is 38.5 Å². The fraction of sp³-hybridized carbons (Fsp3) is 1.00. The van der Waals surface area contributed by atoms with Crippen molar-refractivity contribution < 1.29 is 45.4 Å². The van der Waals surface area contributed by atoms with E-state index in [0.717, 1.165) is 154 Å². The minimum atomic E-state index is -4.05. The lowest BCUT2D eigenvalue weighted by atomic mass is 10.1. The first kappa shape index (κ1) is 65.7. The van der Waals surface area contributed by atoms with E-state index in [2.05, 4.69) is 41.5 Å². The van der Waals surface area contributed by atoms with Crippen LogP contribution in [-0.2, 0) is 45.4 Å². The molecule has 0 aliphatic carbocycles. The van der Waals surface area contributed by atoms with Gasteiger partial charge >= 0.3 is 22.8 Å². The van der Waals surface area contributed by atoms with Crippen molar-refractivity contribution in [2.45, 2.75) is 273 Å². The summed E-state index contributed by atoms with van der Waals surface area (Å²) in [4.78, 5) is 0. The Morgan fingerprint density at radius 1 is 0.215 bits per heavy atom. The van der Waals surface area contributed by atoms with Crippen LogP contribution in [0.15, 0.2) is 0 Å². The second-order valence-electron chi connectivity index (χ2n) is 18.9. The first-order valence-corrected chi connectivity index (χ1v) is 35.1. The van der Waals surface area contributed by atoms with Crippen molar-refractivity contribution in [2.24, 2.45) is 0 Å². The fourth-order valence-corrected chi connectivity index (χ4v) is 23.6. The van der Waals surface area contributed by atoms with Crippen molar-refractivity contribution in [3.8, 4) is 0 Å². The molecule has 392 valence electrons. The van der Waals surface area contributed by atoms with E-state index >= 15 is 18.3 Å². The van der Waals surface area contributed by atoms with Crippen molar-refractivity contribution in [1.82, 2.24) is 0 Å². The molecule has 0 unspecified atom stereocenters. The monoisotopic (exact) mass is 1000 g/mol. The SMILES string of the molecule is CCCCCCCCOP(=O)(CP(=O)(CP(=O)(OCCCCCCCC)OCCCCCCCC)CP(=O)(OCCCCCCCC)OCCCCCCCC)OCCCCCCCC. The molecule has 0 aromatic carbocycles. The standard InChI is InChI=1S/C51H108O10P4/c1-7-13-19-25-31-37-43-56-63(53,57-44-38-32-26-20-14-8-2)49-62(52,50-64(54,58-45-39-33-27-21-15-9-3)59-46-40-34-28-22-16-10-4)51-65(55,60-47-41-35-29-23-17-11-5)61-48-42-36-30-24-18-12-6/h7-51H2,1-6H3. The van der Waals surface area contributed by atoms with Crippen molar-refractivity contribution in [2.75, 3.05) is 57.4 Å². The van der Waals surface area contributed by atoms with Crippen LogP contribution in [0.1, 0.15) is 273 Å². The van der Waals surface area contributed by atoms with E-state index in [1.807, 2.05) is 0 Å². The average molecular weight is 1010 g/mol. The highest BCUT2D eigenvalue weighted by Crippen LogP contribution is 2.75. The molecule has 0 atom stereocenters. The lowest BCUT2D eigenvalue weighted by Gasteiger charge is -2.30. The van der Waals surface area contributed by atoms with Crippen LogP contribution in [0.25, 0.3) is 0 Å². The summed E-state index contributed by atoms with van der Waals surface area (Å²) >= 11 is 0. The zero-order valence-electron chi connectivity index (χ0n) is 43.7. The van der Waals surface area contributed by atoms with Crippen LogP contribution in [0.4, 0.5) is 0 Å². The van der Waals surface area contributed by atoms with E-state index < -0.39 is 47.6 Å². The van der Waals surface area contributed by atoms with Crippen LogP contribution in [0.5, 0.6) is 0 Å². The van der Waals surface area contributed by atoms with Gasteiger partial charge < -0.3 is 31.7 Å². The predicted molar refractivity (Wildman–Crippen MR) is 281 cm³/mol. The van der Waals surface area contributed by atoms with E-state index in [-0.39, 0.29) is 39.6 Å². The largest absolute Gasteiger partial charge is 0.338 e. The van der Waals surface area contributed by atoms with Crippen LogP contribution in [-0.4, -0.2) is 57.4 Å². The summed E-state index contributed by atoms with van der Waals surface area (Å²) in [5.41, 5.74) is 0. The summed E-state index contributed by atoms with van der Waals surface area (Å²) in [6, 6.07) is 0. The molecule has 10 nitrogen and oxygen atoms in total. The van der Waals surface area contributed by atoms with E-state index in [1.54, 1.807) is 0 Å². The quantitative estimate of drug-likeness (QED) is 0.0430. The van der Waals surface area contributed by atoms with Crippen LogP contribution in [0, 0.1) is 0 Å². The Hall–Kier alpha value is 0.680. The van der Waals surface area contributed by atoms with Crippen molar-refractivity contribution in [1.29, 1.82) is 0 Å². The molecule has 0 saturated carbocycles. The Kier molecular flexibility index (Phi) is 46.3. The first-order valence-electron chi connectivity index (χ1n) is 27.7. The van der Waals surface area contributed by atoms with Crippen molar-refractivity contribution in [3.05, 3.63) is 0 Å². The summed E-state index contributed by atoms with van der Waals surface area (Å²) in [5.74, 6) is -1.54. The summed E-state index contributed by atoms with van der Waals surface area (Å²) in [7, 11) is -16.2. The second-order valence-corrected chi connectivity index (χ2v) is 29.6. The van der Waals surface area contributed by atoms with Gasteiger partial charge in [0.2, 0.25) is 0 Å². The van der Waals surface area contributed by atoms with Crippen LogP contribution >= 0.6 is 29.9 Å². The third kappa shape index (κ3) is 41.0. The minimum absolute atomic E-state index is 0.196. The molecule has 0 fully saturated rings. The zero-order valence-corrected chi connectivity index (χ0v) is 47.3. The first-order chi connectivity index (χ1) is 31.5. The molecule has 0 N–H and O–H groups in total. The molecule has 0 aliphatic rings. The normalized spacial score (nSPS) is 12.8. The van der Waals surface area contributed by atoms with Gasteiger partial charge in [0, 0.05) is 0 Å². The van der Waals surface area contributed by atoms with Gasteiger partial charge in [-0.2, -0.15) is 0 Å². The zero-order chi connectivity index (χ0) is 48.1. The molecule has 0 aromatic rings. The van der Waals surface area contributed by atoms with Gasteiger partial charge in [-0.1, -0.05) is 234 Å². The van der Waals surface area contributed by atoms with Crippen LogP contribution < -0.4 is 0 Å². The van der Waals surface area contributed by atoms with Gasteiger partial charge in [0.05, 0.1) is 39.6 Å². The molecule has 65 heavy (non-hydrogen) atoms. The Labute approximate surface area is 403 Å². The third-order valence-corrected chi connectivity index (χ3v) is 25.8. The molecule has 0 aromatic heterocycles. The third-order valence-electron chi connectivity index (χ3n) is 12.0. The van der Waals surface area contributed by atoms with E-state index in [0.29, 0.717) is 38.5 Å². The smallest absolute Gasteiger partial charge is 0.322 e. The van der Waals surface area contributed by atoms with Crippen LogP contribution in [0.3, 0.4) is 0 Å². The Morgan fingerprint density at radius 2 is 0.354 bits per heavy atom. The maximum Gasteiger partial charge on any atom is 0.338 e. The number of hydrogen-bond acceptors (Lipinski definition) is 10. The molecule has 0 spiro atoms. The molecule has 0 bridgehead atoms. The van der Waals surface area contributed by atoms with E-state index in [4.69, 9.17) is 27.1 Å². The number of unbranched alkanes of at least 4 members (excludes halogenated alkanes) is 30. The van der Waals surface area contributed by atoms with Gasteiger partial charge in [0.15, 0.2) is 0 Å². The summed E-state index contributed by atoms with van der Waals surface area (Å²) in [5, 5.41) is 0. The summed E-state index contributed by atoms with van der Waals surface area (Å²) in [6.45, 7) is 14.3. The summed E-state index contributed by atoms with van der Waals surface area (Å²) in [6.07, 6.45) is 36.9. The van der Waals surface area contributed by atoms with Gasteiger partial charge in [0.1, 0.15) is 24.9 Å². The average Bonchev–Trinajstić information content (AvgIpc) is 3.27. The highest BCUT2D eigenvalue weighted by molar-refractivity contribution is 7.88. The molecular weight excluding hydrogens is 896 g/mol. The highest BCUT2D eigenvalue weighted by Gasteiger charge is 2.47. The Morgan fingerprint density at radius 3 is 0.508 bits per heavy atom. The van der Waals surface area contributed by atoms with E-state index in [1.165, 1.54) is 38.5 Å². The van der Waals surface area contributed by atoms with Gasteiger partial charge in [-0.3, -0.25) is 13.7 Å². The topological polar surface area (TPSA) is 124 Å². The maximum atomic E-state index is 15.9. The molecule has 0 rings (SSSR count). The van der Waals surface area contributed by atoms with Gasteiger partial charge in [-0.15, -0.1) is 0 Å². The predicted octanol–water partition coefficient (Wildman–Crippen LogP) is 20.1. The van der Waals surface area contributed by atoms with Crippen LogP contribution in [0.2, 0.25) is 0 Å². The summed E-state index contributed by atoms with van der Waals surface area (Å²) < 4.78 is 98.3. The Balaban J connectivity index is 6.84. The Bertz CT molecular complexity index is 1010.